The van der Waals surface area contributed by atoms with Crippen molar-refractivity contribution in [2.75, 3.05) is 0 Å². The van der Waals surface area contributed by atoms with Crippen LogP contribution in [0.2, 0.25) is 0 Å². The summed E-state index contributed by atoms with van der Waals surface area (Å²) in [5.74, 6) is 4.38. The van der Waals surface area contributed by atoms with Crippen molar-refractivity contribution >= 4 is 0 Å². The molecule has 0 radical (unpaired) electrons. The van der Waals surface area contributed by atoms with Gasteiger partial charge in [-0.2, -0.15) is 0 Å². The second-order valence-electron chi connectivity index (χ2n) is 9.34. The van der Waals surface area contributed by atoms with E-state index in [2.05, 4.69) is 13.8 Å². The second-order valence-corrected chi connectivity index (χ2v) is 9.34. The first kappa shape index (κ1) is 13.6. The maximum atomic E-state index is 2.71. The summed E-state index contributed by atoms with van der Waals surface area (Å²) in [4.78, 5) is 0. The third kappa shape index (κ3) is 1.85. The highest BCUT2D eigenvalue weighted by atomic mass is 14.6. The quantitative estimate of drug-likeness (QED) is 0.493. The second kappa shape index (κ2) is 4.75. The van der Waals surface area contributed by atoms with E-state index in [-0.39, 0.29) is 0 Å². The number of fused-ring (bicyclic) bond motifs is 5. The summed E-state index contributed by atoms with van der Waals surface area (Å²) in [6.07, 6.45) is 18.6. The summed E-state index contributed by atoms with van der Waals surface area (Å²) in [6.45, 7) is 5.36. The molecule has 0 spiro atoms. The van der Waals surface area contributed by atoms with Gasteiger partial charge in [-0.25, -0.2) is 0 Å². The van der Waals surface area contributed by atoms with Gasteiger partial charge in [0, 0.05) is 0 Å². The lowest BCUT2D eigenvalue weighted by atomic mass is 9.43. The van der Waals surface area contributed by atoms with Gasteiger partial charge in [-0.15, -0.1) is 0 Å². The highest BCUT2D eigenvalue weighted by Crippen LogP contribution is 2.65. The SMILES string of the molecule is CC12CCCCC1C1CCC3CCCCC3(C)C1CC2. The van der Waals surface area contributed by atoms with Crippen LogP contribution in [0.1, 0.15) is 90.9 Å². The standard InChI is InChI=1S/C20H34/c1-19-12-5-4-8-17(19)16-10-9-15-7-3-6-13-20(15,2)18(16)11-14-19/h15-18H,3-14H2,1-2H3. The first-order valence-electron chi connectivity index (χ1n) is 9.63. The van der Waals surface area contributed by atoms with Gasteiger partial charge in [0.1, 0.15) is 0 Å². The molecule has 0 heteroatoms. The van der Waals surface area contributed by atoms with E-state index in [4.69, 9.17) is 0 Å². The van der Waals surface area contributed by atoms with Crippen LogP contribution in [0.15, 0.2) is 0 Å². The van der Waals surface area contributed by atoms with Gasteiger partial charge in [0.15, 0.2) is 0 Å². The molecule has 0 N–H and O–H groups in total. The molecular weight excluding hydrogens is 240 g/mol. The zero-order chi connectivity index (χ0) is 13.8. The molecule has 6 atom stereocenters. The van der Waals surface area contributed by atoms with Gasteiger partial charge in [-0.1, -0.05) is 39.5 Å². The first-order valence-corrected chi connectivity index (χ1v) is 9.63. The van der Waals surface area contributed by atoms with E-state index in [0.717, 1.165) is 34.5 Å². The molecule has 0 saturated heterocycles. The Bertz CT molecular complexity index is 372. The summed E-state index contributed by atoms with van der Waals surface area (Å²) >= 11 is 0. The third-order valence-corrected chi connectivity index (χ3v) is 8.61. The van der Waals surface area contributed by atoms with Gasteiger partial charge in [0.2, 0.25) is 0 Å². The fourth-order valence-electron chi connectivity index (χ4n) is 7.46. The zero-order valence-electron chi connectivity index (χ0n) is 13.8. The minimum atomic E-state index is 0.733. The topological polar surface area (TPSA) is 0 Å². The van der Waals surface area contributed by atoms with Crippen molar-refractivity contribution in [2.24, 2.45) is 34.5 Å². The van der Waals surface area contributed by atoms with Crippen molar-refractivity contribution in [3.8, 4) is 0 Å². The average molecular weight is 274 g/mol. The van der Waals surface area contributed by atoms with Crippen LogP contribution in [0.4, 0.5) is 0 Å². The van der Waals surface area contributed by atoms with Crippen molar-refractivity contribution < 1.29 is 0 Å². The highest BCUT2D eigenvalue weighted by molar-refractivity contribution is 5.05. The molecule has 0 heterocycles. The Balaban J connectivity index is 1.63. The van der Waals surface area contributed by atoms with Crippen LogP contribution in [0.3, 0.4) is 0 Å². The van der Waals surface area contributed by atoms with E-state index in [1.807, 2.05) is 0 Å². The van der Waals surface area contributed by atoms with Crippen LogP contribution in [0, 0.1) is 34.5 Å². The molecule has 20 heavy (non-hydrogen) atoms. The van der Waals surface area contributed by atoms with Crippen LogP contribution >= 0.6 is 0 Å². The Labute approximate surface area is 126 Å². The number of hydrogen-bond acceptors (Lipinski definition) is 0. The van der Waals surface area contributed by atoms with E-state index in [9.17, 15) is 0 Å². The third-order valence-electron chi connectivity index (χ3n) is 8.61. The molecule has 0 aromatic carbocycles. The van der Waals surface area contributed by atoms with E-state index < -0.39 is 0 Å². The molecule has 114 valence electrons. The lowest BCUT2D eigenvalue weighted by Crippen LogP contribution is -2.53. The smallest absolute Gasteiger partial charge is 0.0266 e. The van der Waals surface area contributed by atoms with E-state index >= 15 is 0 Å². The van der Waals surface area contributed by atoms with Crippen LogP contribution in [0.25, 0.3) is 0 Å². The average Bonchev–Trinajstić information content (AvgIpc) is 2.45. The minimum absolute atomic E-state index is 0.733. The predicted molar refractivity (Wildman–Crippen MR) is 85.6 cm³/mol. The van der Waals surface area contributed by atoms with E-state index in [0.29, 0.717) is 0 Å². The molecule has 6 unspecified atom stereocenters. The normalized spacial score (nSPS) is 55.5. The summed E-state index contributed by atoms with van der Waals surface area (Å²) in [5, 5.41) is 0. The van der Waals surface area contributed by atoms with Crippen LogP contribution < -0.4 is 0 Å². The summed E-state index contributed by atoms with van der Waals surface area (Å²) in [7, 11) is 0. The lowest BCUT2D eigenvalue weighted by Gasteiger charge is -2.62. The molecule has 4 saturated carbocycles. The largest absolute Gasteiger partial charge is 0.0594 e. The predicted octanol–water partition coefficient (Wildman–Crippen LogP) is 6.20. The van der Waals surface area contributed by atoms with Crippen molar-refractivity contribution in [1.82, 2.24) is 0 Å². The van der Waals surface area contributed by atoms with Crippen molar-refractivity contribution in [3.05, 3.63) is 0 Å². The molecule has 0 bridgehead atoms. The maximum absolute atomic E-state index is 2.71. The Hall–Kier alpha value is 0. The molecule has 4 aliphatic rings. The van der Waals surface area contributed by atoms with E-state index in [1.54, 1.807) is 51.4 Å². The first-order chi connectivity index (χ1) is 9.63. The molecular formula is C20H34. The fraction of sp³-hybridized carbons (Fsp3) is 1.00. The zero-order valence-corrected chi connectivity index (χ0v) is 13.8. The van der Waals surface area contributed by atoms with Gasteiger partial charge >= 0.3 is 0 Å². The highest BCUT2D eigenvalue weighted by Gasteiger charge is 2.56. The van der Waals surface area contributed by atoms with Crippen molar-refractivity contribution in [1.29, 1.82) is 0 Å². The summed E-state index contributed by atoms with van der Waals surface area (Å²) in [5.41, 5.74) is 1.47. The Morgan fingerprint density at radius 3 is 2.35 bits per heavy atom. The molecule has 0 nitrogen and oxygen atoms in total. The van der Waals surface area contributed by atoms with Crippen LogP contribution in [-0.2, 0) is 0 Å². The Kier molecular flexibility index (Phi) is 3.24. The van der Waals surface area contributed by atoms with E-state index in [1.165, 1.54) is 25.7 Å². The molecule has 0 amide bonds. The fourth-order valence-corrected chi connectivity index (χ4v) is 7.46. The number of hydrogen-bond donors (Lipinski definition) is 0. The maximum Gasteiger partial charge on any atom is -0.0266 e. The van der Waals surface area contributed by atoms with Crippen LogP contribution in [-0.4, -0.2) is 0 Å². The monoisotopic (exact) mass is 274 g/mol. The molecule has 0 aliphatic heterocycles. The Morgan fingerprint density at radius 2 is 1.45 bits per heavy atom. The molecule has 0 aromatic heterocycles. The summed E-state index contributed by atoms with van der Waals surface area (Å²) in [6, 6.07) is 0. The van der Waals surface area contributed by atoms with Crippen molar-refractivity contribution in [3.63, 3.8) is 0 Å². The van der Waals surface area contributed by atoms with Gasteiger partial charge in [0.05, 0.1) is 0 Å². The molecule has 4 rings (SSSR count). The van der Waals surface area contributed by atoms with Gasteiger partial charge in [-0.05, 0) is 85.9 Å². The molecule has 4 fully saturated rings. The van der Waals surface area contributed by atoms with Gasteiger partial charge in [0.25, 0.3) is 0 Å². The van der Waals surface area contributed by atoms with Crippen molar-refractivity contribution in [2.45, 2.75) is 90.9 Å². The number of rotatable bonds is 0. The van der Waals surface area contributed by atoms with Crippen LogP contribution in [0.5, 0.6) is 0 Å². The Morgan fingerprint density at radius 1 is 0.650 bits per heavy atom. The summed E-state index contributed by atoms with van der Waals surface area (Å²) < 4.78 is 0. The molecule has 0 aromatic rings. The van der Waals surface area contributed by atoms with Gasteiger partial charge < -0.3 is 0 Å². The lowest BCUT2D eigenvalue weighted by molar-refractivity contribution is -0.123. The minimum Gasteiger partial charge on any atom is -0.0594 e. The van der Waals surface area contributed by atoms with Gasteiger partial charge in [-0.3, -0.25) is 0 Å². The molecule has 4 aliphatic carbocycles.